The van der Waals surface area contributed by atoms with Crippen LogP contribution in [0.4, 0.5) is 11.4 Å². The summed E-state index contributed by atoms with van der Waals surface area (Å²) in [6.07, 6.45) is 13.0. The molecule has 2 spiro atoms. The molecule has 2 saturated carbocycles. The fourth-order valence-corrected chi connectivity index (χ4v) is 14.7. The van der Waals surface area contributed by atoms with Crippen LogP contribution in [0.15, 0.2) is 72.1 Å². The van der Waals surface area contributed by atoms with Crippen LogP contribution in [-0.4, -0.2) is 85.1 Å². The number of para-hydroxylation sites is 2. The summed E-state index contributed by atoms with van der Waals surface area (Å²) in [7, 11) is 5.19. The molecule has 2 aliphatic carbocycles. The van der Waals surface area contributed by atoms with Crippen molar-refractivity contribution < 1.29 is 14.1 Å². The van der Waals surface area contributed by atoms with Gasteiger partial charge in [0, 0.05) is 67.9 Å². The van der Waals surface area contributed by atoms with Crippen molar-refractivity contribution in [2.75, 3.05) is 56.7 Å². The molecule has 7 aliphatic heterocycles. The minimum absolute atomic E-state index is 0.162. The van der Waals surface area contributed by atoms with E-state index in [0.717, 1.165) is 12.3 Å². The molecule has 45 heavy (non-hydrogen) atoms. The maximum absolute atomic E-state index is 10.4. The number of piperidine rings is 2. The average Bonchev–Trinajstić information content (AvgIpc) is 3.72. The molecular formula is C40H50N4O+2. The Morgan fingerprint density at radius 1 is 0.733 bits per heavy atom. The highest BCUT2D eigenvalue weighted by Crippen LogP contribution is 2.69. The maximum atomic E-state index is 10.4. The molecule has 0 amide bonds. The molecule has 4 saturated heterocycles. The van der Waals surface area contributed by atoms with Gasteiger partial charge in [0.2, 0.25) is 0 Å². The molecule has 11 rings (SSSR count). The summed E-state index contributed by atoms with van der Waals surface area (Å²) in [6.45, 7) is 7.91. The van der Waals surface area contributed by atoms with Crippen LogP contribution >= 0.6 is 0 Å². The first-order chi connectivity index (χ1) is 21.9. The van der Waals surface area contributed by atoms with Crippen molar-refractivity contribution in [3.63, 3.8) is 0 Å². The fourth-order valence-electron chi connectivity index (χ4n) is 14.7. The van der Waals surface area contributed by atoms with Gasteiger partial charge in [-0.2, -0.15) is 0 Å². The van der Waals surface area contributed by atoms with Crippen LogP contribution in [0.5, 0.6) is 0 Å². The molecule has 2 aromatic rings. The van der Waals surface area contributed by atoms with Gasteiger partial charge in [0.25, 0.3) is 0 Å². The monoisotopic (exact) mass is 602 g/mol. The van der Waals surface area contributed by atoms with E-state index in [2.05, 4.69) is 91.7 Å². The van der Waals surface area contributed by atoms with Crippen LogP contribution in [-0.2, 0) is 10.8 Å². The quantitative estimate of drug-likeness (QED) is 0.467. The van der Waals surface area contributed by atoms with E-state index in [4.69, 9.17) is 0 Å². The molecule has 2 unspecified atom stereocenters. The fraction of sp³-hybridized carbons (Fsp3) is 0.600. The van der Waals surface area contributed by atoms with Crippen molar-refractivity contribution in [3.05, 3.63) is 83.2 Å². The second-order valence-electron chi connectivity index (χ2n) is 17.4. The summed E-state index contributed by atoms with van der Waals surface area (Å²) in [6, 6.07) is 21.4. The Morgan fingerprint density at radius 3 is 1.73 bits per heavy atom. The molecule has 2 aromatic carbocycles. The smallest absolute Gasteiger partial charge is 0.102 e. The number of hydrogen-bond acceptors (Lipinski definition) is 3. The van der Waals surface area contributed by atoms with Gasteiger partial charge >= 0.3 is 0 Å². The van der Waals surface area contributed by atoms with E-state index >= 15 is 0 Å². The zero-order valence-electron chi connectivity index (χ0n) is 27.4. The average molecular weight is 603 g/mol. The highest BCUT2D eigenvalue weighted by Gasteiger charge is 2.75. The van der Waals surface area contributed by atoms with Crippen molar-refractivity contribution >= 4 is 11.4 Å². The van der Waals surface area contributed by atoms with Crippen LogP contribution in [0.2, 0.25) is 0 Å². The number of likely N-dealkylation sites (N-methyl/N-ethyl adjacent to an activating group) is 2. The largest absolute Gasteiger partial charge is 0.396 e. The minimum atomic E-state index is 0.162. The number of quaternary nitrogens is 2. The van der Waals surface area contributed by atoms with E-state index in [9.17, 15) is 5.11 Å². The van der Waals surface area contributed by atoms with E-state index < -0.39 is 0 Å². The zero-order valence-corrected chi connectivity index (χ0v) is 27.4. The van der Waals surface area contributed by atoms with Gasteiger partial charge in [-0.05, 0) is 59.1 Å². The van der Waals surface area contributed by atoms with Gasteiger partial charge in [0.05, 0.1) is 63.2 Å². The summed E-state index contributed by atoms with van der Waals surface area (Å²) in [5, 5.41) is 10.4. The van der Waals surface area contributed by atoms with Crippen LogP contribution in [0.3, 0.4) is 0 Å². The van der Waals surface area contributed by atoms with E-state index in [-0.39, 0.29) is 10.8 Å². The summed E-state index contributed by atoms with van der Waals surface area (Å²) < 4.78 is 2.47. The first kappa shape index (κ1) is 26.5. The topological polar surface area (TPSA) is 26.7 Å². The van der Waals surface area contributed by atoms with E-state index in [0.29, 0.717) is 48.5 Å². The highest BCUT2D eigenvalue weighted by atomic mass is 16.3. The molecule has 12 atom stereocenters. The summed E-state index contributed by atoms with van der Waals surface area (Å²) in [5.74, 6) is 2.49. The minimum Gasteiger partial charge on any atom is -0.396 e. The highest BCUT2D eigenvalue weighted by molar-refractivity contribution is 5.76. The van der Waals surface area contributed by atoms with Gasteiger partial charge in [-0.3, -0.25) is 0 Å². The lowest BCUT2D eigenvalue weighted by Gasteiger charge is -2.60. The van der Waals surface area contributed by atoms with E-state index in [1.165, 1.54) is 78.6 Å². The second kappa shape index (κ2) is 8.27. The Bertz CT molecular complexity index is 1720. The number of rotatable bonds is 3. The van der Waals surface area contributed by atoms with Gasteiger partial charge in [0.15, 0.2) is 0 Å². The molecule has 0 radical (unpaired) electrons. The maximum Gasteiger partial charge on any atom is 0.102 e. The van der Waals surface area contributed by atoms with Crippen molar-refractivity contribution in [1.29, 1.82) is 0 Å². The van der Waals surface area contributed by atoms with Crippen LogP contribution in [0.25, 0.3) is 0 Å². The summed E-state index contributed by atoms with van der Waals surface area (Å²) in [4.78, 5) is 5.76. The molecule has 5 nitrogen and oxygen atoms in total. The van der Waals surface area contributed by atoms with Crippen molar-refractivity contribution in [2.45, 2.75) is 80.4 Å². The molecule has 9 aliphatic rings. The molecule has 1 N–H and O–H groups in total. The zero-order chi connectivity index (χ0) is 30.1. The third-order valence-corrected chi connectivity index (χ3v) is 16.2. The van der Waals surface area contributed by atoms with Gasteiger partial charge < -0.3 is 23.9 Å². The molecule has 6 fully saturated rings. The molecule has 7 heterocycles. The van der Waals surface area contributed by atoms with Crippen molar-refractivity contribution in [2.24, 2.45) is 23.7 Å². The summed E-state index contributed by atoms with van der Waals surface area (Å²) >= 11 is 0. The summed E-state index contributed by atoms with van der Waals surface area (Å²) in [5.41, 5.74) is 10.1. The van der Waals surface area contributed by atoms with Crippen LogP contribution < -0.4 is 9.80 Å². The van der Waals surface area contributed by atoms with Gasteiger partial charge in [-0.25, -0.2) is 0 Å². The normalized spacial score (nSPS) is 50.8. The lowest BCUT2D eigenvalue weighted by molar-refractivity contribution is -0.933. The third-order valence-electron chi connectivity index (χ3n) is 16.2. The van der Waals surface area contributed by atoms with Crippen LogP contribution in [0.1, 0.15) is 56.6 Å². The SMILES string of the molecule is CC[C@@H]1C[N+]2(C)CC[C@@]34c5ccccc5N5/C=C6/[C@H]7C[C@H]8[C@@]9(CC[N+]8(C)C[C@H]7CCO)c7ccccc7N(/C=C(/[C@H]1C[C@@H]32)[C@H]54)[C@@H]69. The first-order valence-corrected chi connectivity index (χ1v) is 18.4. The number of benzene rings is 2. The number of aliphatic hydroxyl groups excluding tert-OH is 1. The Labute approximate surface area is 269 Å². The predicted molar refractivity (Wildman–Crippen MR) is 179 cm³/mol. The number of nitrogens with zero attached hydrogens (tertiary/aromatic N) is 4. The molecule has 4 bridgehead atoms. The van der Waals surface area contributed by atoms with Gasteiger partial charge in [0.1, 0.15) is 12.1 Å². The van der Waals surface area contributed by atoms with E-state index in [1.54, 1.807) is 22.3 Å². The lowest BCUT2D eigenvalue weighted by atomic mass is 9.55. The molecule has 0 aromatic heterocycles. The Hall–Kier alpha value is -2.60. The molecule has 234 valence electrons. The third kappa shape index (κ3) is 2.77. The first-order valence-electron chi connectivity index (χ1n) is 18.4. The number of hydrogen-bond donors (Lipinski definition) is 1. The Kier molecular flexibility index (Phi) is 4.86. The Morgan fingerprint density at radius 2 is 1.22 bits per heavy atom. The lowest BCUT2D eigenvalue weighted by Crippen LogP contribution is -2.69. The molecular weight excluding hydrogens is 552 g/mol. The number of fused-ring (bicyclic) bond motifs is 8. The number of anilines is 2. The number of aliphatic hydroxyl groups is 1. The standard InChI is InChI=1S/C40H50N4O/c1-4-25-23-43(2)16-14-39-31-9-5-8-12-34(31)42-22-30-28-20-36-40(15-17-44(36,3)24-26(28)13-18-45)32-10-6-7-11-33(32)41(38(30)40)21-29(37(39)42)27(25)19-35(39)43/h5-12,21-22,25-28,35-38,45H,4,13-20,23-24H2,1-3H3/q+2/b29-21-,30-22-/t25-,26-,27+,28+,35+,36+,37+,38+,39-,40-,43?,44?/m1/s1. The van der Waals surface area contributed by atoms with E-state index in [1.807, 2.05) is 0 Å². The molecule has 5 heteroatoms. The second-order valence-corrected chi connectivity index (χ2v) is 17.4. The van der Waals surface area contributed by atoms with Crippen molar-refractivity contribution in [3.8, 4) is 0 Å². The predicted octanol–water partition coefficient (Wildman–Crippen LogP) is 5.55. The van der Waals surface area contributed by atoms with Crippen molar-refractivity contribution in [1.82, 2.24) is 0 Å². The van der Waals surface area contributed by atoms with Gasteiger partial charge in [-0.1, -0.05) is 43.3 Å². The van der Waals surface area contributed by atoms with Gasteiger partial charge in [-0.15, -0.1) is 0 Å². The Balaban J connectivity index is 1.22. The van der Waals surface area contributed by atoms with Crippen LogP contribution in [0, 0.1) is 23.7 Å².